The van der Waals surface area contributed by atoms with Crippen LogP contribution in [0, 0.1) is 3.14 Å². The van der Waals surface area contributed by atoms with Crippen LogP contribution < -0.4 is 0 Å². The first kappa shape index (κ1) is 10.4. The van der Waals surface area contributed by atoms with Crippen LogP contribution in [0.25, 0.3) is 0 Å². The minimum atomic E-state index is 0.322. The third-order valence-electron chi connectivity index (χ3n) is 1.46. The summed E-state index contributed by atoms with van der Waals surface area (Å²) >= 11 is 12.3. The van der Waals surface area contributed by atoms with Gasteiger partial charge in [-0.1, -0.05) is 24.0 Å². The molecule has 0 saturated carbocycles. The van der Waals surface area contributed by atoms with Gasteiger partial charge in [-0.3, -0.25) is 0 Å². The van der Waals surface area contributed by atoms with Crippen LogP contribution in [0.3, 0.4) is 0 Å². The van der Waals surface area contributed by atoms with E-state index < -0.39 is 0 Å². The Kier molecular flexibility index (Phi) is 3.72. The largest absolute Gasteiger partial charge is 0.367 e. The normalized spacial score (nSPS) is 21.5. The number of rotatable bonds is 2. The molecule has 0 spiro atoms. The van der Waals surface area contributed by atoms with Gasteiger partial charge in [-0.05, 0) is 6.92 Å². The Morgan fingerprint density at radius 3 is 3.00 bits per heavy atom. The third kappa shape index (κ3) is 2.49. The summed E-state index contributed by atoms with van der Waals surface area (Å²) in [6, 6.07) is 0. The molecule has 0 unspecified atom stereocenters. The molecule has 0 aromatic carbocycles. The fraction of sp³-hybridized carbons (Fsp3) is 0.571. The second-order valence-corrected chi connectivity index (χ2v) is 8.28. The first-order chi connectivity index (χ1) is 6.29. The van der Waals surface area contributed by atoms with Crippen molar-refractivity contribution in [3.63, 3.8) is 0 Å². The highest BCUT2D eigenvalue weighted by atomic mass is 32.2. The molecule has 72 valence electrons. The van der Waals surface area contributed by atoms with Crippen molar-refractivity contribution in [2.75, 3.05) is 12.4 Å². The highest BCUT2D eigenvalue weighted by Crippen LogP contribution is 2.47. The van der Waals surface area contributed by atoms with E-state index in [1.54, 1.807) is 22.7 Å². The minimum absolute atomic E-state index is 0.322. The lowest BCUT2D eigenvalue weighted by Gasteiger charge is -2.19. The van der Waals surface area contributed by atoms with Crippen LogP contribution in [0.1, 0.15) is 6.92 Å². The number of fused-ring (bicyclic) bond motifs is 1. The Morgan fingerprint density at radius 1 is 1.46 bits per heavy atom. The molecular weight excluding hydrogens is 260 g/mol. The second kappa shape index (κ2) is 4.63. The monoisotopic (exact) mass is 268 g/mol. The molecule has 6 heteroatoms. The molecule has 0 fully saturated rings. The zero-order chi connectivity index (χ0) is 9.26. The summed E-state index contributed by atoms with van der Waals surface area (Å²) in [5, 5.41) is 0. The molecule has 1 aliphatic heterocycles. The van der Waals surface area contributed by atoms with E-state index in [-0.39, 0.29) is 0 Å². The van der Waals surface area contributed by atoms with Crippen molar-refractivity contribution >= 4 is 58.4 Å². The first-order valence-corrected chi connectivity index (χ1v) is 7.75. The molecule has 1 aromatic heterocycles. The fourth-order valence-electron chi connectivity index (χ4n) is 0.981. The molecule has 0 saturated heterocycles. The van der Waals surface area contributed by atoms with Crippen molar-refractivity contribution in [3.8, 4) is 0 Å². The lowest BCUT2D eigenvalue weighted by atomic mass is 10.8. The fourth-order valence-corrected chi connectivity index (χ4v) is 7.36. The zero-order valence-corrected chi connectivity index (χ0v) is 11.0. The van der Waals surface area contributed by atoms with Crippen LogP contribution in [0.4, 0.5) is 0 Å². The van der Waals surface area contributed by atoms with E-state index in [0.717, 1.165) is 15.5 Å². The molecule has 1 atom stereocenters. The molecular formula is C7H8OS5. The van der Waals surface area contributed by atoms with Gasteiger partial charge >= 0.3 is 0 Å². The molecule has 2 heterocycles. The van der Waals surface area contributed by atoms with Gasteiger partial charge < -0.3 is 4.74 Å². The maximum absolute atomic E-state index is 5.57. The Bertz CT molecular complexity index is 341. The lowest BCUT2D eigenvalue weighted by Crippen LogP contribution is -2.13. The Balaban J connectivity index is 2.14. The summed E-state index contributed by atoms with van der Waals surface area (Å²) in [5.74, 6) is 1.05. The van der Waals surface area contributed by atoms with Crippen molar-refractivity contribution in [1.82, 2.24) is 0 Å². The third-order valence-corrected chi connectivity index (χ3v) is 7.36. The summed E-state index contributed by atoms with van der Waals surface area (Å²) in [4.78, 5) is 0. The van der Waals surface area contributed by atoms with Gasteiger partial charge in [0.05, 0.1) is 8.42 Å². The Morgan fingerprint density at radius 2 is 2.23 bits per heavy atom. The van der Waals surface area contributed by atoms with Gasteiger partial charge in [0.2, 0.25) is 0 Å². The average Bonchev–Trinajstić information content (AvgIpc) is 2.44. The van der Waals surface area contributed by atoms with E-state index in [1.807, 2.05) is 30.4 Å². The number of thioether (sulfide) groups is 2. The molecule has 0 bridgehead atoms. The van der Waals surface area contributed by atoms with Gasteiger partial charge in [-0.15, -0.1) is 34.4 Å². The molecule has 0 aliphatic carbocycles. The Hall–Kier alpha value is 0.930. The van der Waals surface area contributed by atoms with Crippen molar-refractivity contribution in [2.45, 2.75) is 20.8 Å². The summed E-state index contributed by atoms with van der Waals surface area (Å²) in [5.41, 5.74) is 0.322. The topological polar surface area (TPSA) is 9.23 Å². The summed E-state index contributed by atoms with van der Waals surface area (Å²) in [6.45, 7) is 2.83. The van der Waals surface area contributed by atoms with Crippen molar-refractivity contribution in [3.05, 3.63) is 3.14 Å². The lowest BCUT2D eigenvalue weighted by molar-refractivity contribution is 0.140. The molecule has 13 heavy (non-hydrogen) atoms. The average molecular weight is 268 g/mol. The number of hydrogen-bond acceptors (Lipinski definition) is 6. The molecule has 1 aliphatic rings. The molecule has 2 rings (SSSR count). The van der Waals surface area contributed by atoms with Crippen molar-refractivity contribution in [2.24, 2.45) is 0 Å². The summed E-state index contributed by atoms with van der Waals surface area (Å²) in [6.07, 6.45) is 0. The predicted molar refractivity (Wildman–Crippen MR) is 65.0 cm³/mol. The molecule has 0 radical (unpaired) electrons. The van der Waals surface area contributed by atoms with Crippen LogP contribution in [-0.4, -0.2) is 17.8 Å². The van der Waals surface area contributed by atoms with Crippen LogP contribution >= 0.6 is 58.4 Å². The van der Waals surface area contributed by atoms with Crippen LogP contribution in [-0.2, 0) is 4.74 Å². The standard InChI is InChI=1S/C7H8OS5/c1-2-8-4-3-10-5-6(11-4)13-7(9)12-5/h4H,2-3H2,1H3/t4-/m1/s1. The molecule has 1 nitrogen and oxygen atoms in total. The maximum atomic E-state index is 5.57. The van der Waals surface area contributed by atoms with Crippen molar-refractivity contribution in [1.29, 1.82) is 0 Å². The van der Waals surface area contributed by atoms with Crippen LogP contribution in [0.15, 0.2) is 8.42 Å². The van der Waals surface area contributed by atoms with E-state index in [4.69, 9.17) is 17.0 Å². The van der Waals surface area contributed by atoms with Gasteiger partial charge in [0.1, 0.15) is 8.57 Å². The van der Waals surface area contributed by atoms with Crippen LogP contribution in [0.5, 0.6) is 0 Å². The minimum Gasteiger partial charge on any atom is -0.367 e. The maximum Gasteiger partial charge on any atom is 0.145 e. The van der Waals surface area contributed by atoms with E-state index in [2.05, 4.69) is 0 Å². The second-order valence-electron chi connectivity index (χ2n) is 2.34. The van der Waals surface area contributed by atoms with Gasteiger partial charge in [0.15, 0.2) is 0 Å². The van der Waals surface area contributed by atoms with E-state index in [1.165, 1.54) is 8.42 Å². The highest BCUT2D eigenvalue weighted by Gasteiger charge is 2.22. The number of hydrogen-bond donors (Lipinski definition) is 0. The first-order valence-electron chi connectivity index (χ1n) is 3.84. The van der Waals surface area contributed by atoms with Gasteiger partial charge in [0, 0.05) is 12.4 Å². The molecule has 0 N–H and O–H groups in total. The Labute approximate surface area is 98.9 Å². The van der Waals surface area contributed by atoms with Gasteiger partial charge in [-0.2, -0.15) is 0 Å². The summed E-state index contributed by atoms with van der Waals surface area (Å²) in [7, 11) is 0. The summed E-state index contributed by atoms with van der Waals surface area (Å²) < 4.78 is 9.33. The van der Waals surface area contributed by atoms with E-state index in [0.29, 0.717) is 5.44 Å². The van der Waals surface area contributed by atoms with E-state index in [9.17, 15) is 0 Å². The predicted octanol–water partition coefficient (Wildman–Crippen LogP) is 4.10. The van der Waals surface area contributed by atoms with Crippen LogP contribution in [0.2, 0.25) is 0 Å². The molecule has 1 aromatic rings. The molecule has 0 amide bonds. The SMILES string of the molecule is CCO[C@H]1CSc2sc(=S)sc2S1. The number of ether oxygens (including phenoxy) is 1. The van der Waals surface area contributed by atoms with E-state index >= 15 is 0 Å². The quantitative estimate of drug-likeness (QED) is 0.746. The highest BCUT2D eigenvalue weighted by molar-refractivity contribution is 8.08. The zero-order valence-electron chi connectivity index (χ0n) is 6.94. The smallest absolute Gasteiger partial charge is 0.145 e. The van der Waals surface area contributed by atoms with Gasteiger partial charge in [-0.25, -0.2) is 0 Å². The van der Waals surface area contributed by atoms with Gasteiger partial charge in [0.25, 0.3) is 0 Å². The van der Waals surface area contributed by atoms with Crippen molar-refractivity contribution < 1.29 is 4.74 Å².